The molecule has 70 valence electrons. The molecule has 13 heavy (non-hydrogen) atoms. The molecule has 1 aromatic carbocycles. The molecule has 2 heteroatoms. The molecule has 1 aliphatic rings. The highest BCUT2D eigenvalue weighted by atomic mass is 16.3. The number of fused-ring (bicyclic) bond motifs is 1. The molecule has 2 rings (SSSR count). The quantitative estimate of drug-likeness (QED) is 0.633. The number of benzene rings is 1. The zero-order valence-electron chi connectivity index (χ0n) is 8.09. The highest BCUT2D eigenvalue weighted by molar-refractivity contribution is 5.40. The molecular formula is C11H15NO. The lowest BCUT2D eigenvalue weighted by Crippen LogP contribution is -2.38. The highest BCUT2D eigenvalue weighted by Crippen LogP contribution is 2.31. The number of hydrogen-bond acceptors (Lipinski definition) is 2. The Morgan fingerprint density at radius 3 is 2.92 bits per heavy atom. The van der Waals surface area contributed by atoms with E-state index in [1.807, 2.05) is 12.1 Å². The number of aromatic hydroxyl groups is 1. The van der Waals surface area contributed by atoms with Crippen LogP contribution in [0.15, 0.2) is 18.2 Å². The van der Waals surface area contributed by atoms with Crippen LogP contribution in [0.4, 0.5) is 0 Å². The second kappa shape index (κ2) is 2.74. The van der Waals surface area contributed by atoms with Gasteiger partial charge >= 0.3 is 0 Å². The molecule has 1 aliphatic heterocycles. The van der Waals surface area contributed by atoms with Crippen LogP contribution in [0.3, 0.4) is 0 Å². The van der Waals surface area contributed by atoms with Crippen LogP contribution < -0.4 is 5.32 Å². The van der Waals surface area contributed by atoms with Crippen molar-refractivity contribution in [1.82, 2.24) is 5.32 Å². The molecule has 2 nitrogen and oxygen atoms in total. The van der Waals surface area contributed by atoms with Crippen molar-refractivity contribution in [1.29, 1.82) is 0 Å². The van der Waals surface area contributed by atoms with Crippen molar-refractivity contribution in [3.63, 3.8) is 0 Å². The minimum Gasteiger partial charge on any atom is -0.508 e. The van der Waals surface area contributed by atoms with Gasteiger partial charge in [-0.2, -0.15) is 0 Å². The van der Waals surface area contributed by atoms with E-state index >= 15 is 0 Å². The van der Waals surface area contributed by atoms with Gasteiger partial charge in [-0.3, -0.25) is 0 Å². The Hall–Kier alpha value is -1.02. The topological polar surface area (TPSA) is 32.3 Å². The van der Waals surface area contributed by atoms with E-state index in [2.05, 4.69) is 19.2 Å². The zero-order valence-corrected chi connectivity index (χ0v) is 8.09. The Morgan fingerprint density at radius 2 is 2.15 bits per heavy atom. The lowest BCUT2D eigenvalue weighted by Gasteiger charge is -2.33. The lowest BCUT2D eigenvalue weighted by molar-refractivity contribution is 0.428. The molecule has 0 fully saturated rings. The van der Waals surface area contributed by atoms with E-state index in [-0.39, 0.29) is 5.41 Å². The Labute approximate surface area is 78.6 Å². The maximum absolute atomic E-state index is 9.33. The number of phenols is 1. The zero-order chi connectivity index (χ0) is 9.47. The smallest absolute Gasteiger partial charge is 0.115 e. The standard InChI is InChI=1S/C11H15NO/c1-11(2)7-12-6-8-5-9(13)3-4-10(8)11/h3-5,12-13H,6-7H2,1-2H3. The normalized spacial score (nSPS) is 19.5. The Morgan fingerprint density at radius 1 is 1.38 bits per heavy atom. The van der Waals surface area contributed by atoms with Gasteiger partial charge in [0.15, 0.2) is 0 Å². The van der Waals surface area contributed by atoms with Gasteiger partial charge in [-0.05, 0) is 23.3 Å². The monoisotopic (exact) mass is 177 g/mol. The summed E-state index contributed by atoms with van der Waals surface area (Å²) in [5.41, 5.74) is 2.75. The Balaban J connectivity index is 2.53. The average molecular weight is 177 g/mol. The first-order valence-electron chi connectivity index (χ1n) is 4.63. The third-order valence-corrected chi connectivity index (χ3v) is 2.70. The van der Waals surface area contributed by atoms with Crippen molar-refractivity contribution in [2.24, 2.45) is 0 Å². The van der Waals surface area contributed by atoms with Gasteiger partial charge < -0.3 is 10.4 Å². The predicted octanol–water partition coefficient (Wildman–Crippen LogP) is 1.77. The average Bonchev–Trinajstić information content (AvgIpc) is 2.02. The van der Waals surface area contributed by atoms with E-state index in [0.717, 1.165) is 13.1 Å². The Kier molecular flexibility index (Phi) is 1.81. The van der Waals surface area contributed by atoms with E-state index in [1.54, 1.807) is 6.07 Å². The van der Waals surface area contributed by atoms with Gasteiger partial charge in [-0.25, -0.2) is 0 Å². The molecule has 0 amide bonds. The fraction of sp³-hybridized carbons (Fsp3) is 0.455. The van der Waals surface area contributed by atoms with E-state index in [1.165, 1.54) is 11.1 Å². The van der Waals surface area contributed by atoms with Crippen LogP contribution in [0.5, 0.6) is 5.75 Å². The van der Waals surface area contributed by atoms with Crippen LogP contribution in [0.25, 0.3) is 0 Å². The second-order valence-electron chi connectivity index (χ2n) is 4.33. The summed E-state index contributed by atoms with van der Waals surface area (Å²) in [5.74, 6) is 0.359. The predicted molar refractivity (Wildman–Crippen MR) is 52.8 cm³/mol. The summed E-state index contributed by atoms with van der Waals surface area (Å²) in [6.07, 6.45) is 0. The van der Waals surface area contributed by atoms with Crippen LogP contribution >= 0.6 is 0 Å². The molecule has 0 saturated carbocycles. The van der Waals surface area contributed by atoms with Gasteiger partial charge in [0, 0.05) is 18.5 Å². The van der Waals surface area contributed by atoms with Crippen LogP contribution in [0, 0.1) is 0 Å². The molecule has 0 saturated heterocycles. The minimum atomic E-state index is 0.182. The van der Waals surface area contributed by atoms with Crippen molar-refractivity contribution < 1.29 is 5.11 Å². The van der Waals surface area contributed by atoms with Gasteiger partial charge in [-0.15, -0.1) is 0 Å². The van der Waals surface area contributed by atoms with Crippen LogP contribution in [0.1, 0.15) is 25.0 Å². The number of phenolic OH excluding ortho intramolecular Hbond substituents is 1. The van der Waals surface area contributed by atoms with Crippen molar-refractivity contribution in [3.05, 3.63) is 29.3 Å². The SMILES string of the molecule is CC1(C)CNCc2cc(O)ccc21. The highest BCUT2D eigenvalue weighted by Gasteiger charge is 2.26. The summed E-state index contributed by atoms with van der Waals surface area (Å²) in [7, 11) is 0. The first-order chi connectivity index (χ1) is 6.09. The third-order valence-electron chi connectivity index (χ3n) is 2.70. The third kappa shape index (κ3) is 1.42. The molecule has 0 spiro atoms. The maximum Gasteiger partial charge on any atom is 0.115 e. The summed E-state index contributed by atoms with van der Waals surface area (Å²) in [6.45, 7) is 6.31. The van der Waals surface area contributed by atoms with Gasteiger partial charge in [0.25, 0.3) is 0 Å². The number of nitrogens with one attached hydrogen (secondary N) is 1. The first kappa shape index (κ1) is 8.57. The molecule has 2 N–H and O–H groups in total. The summed E-state index contributed by atoms with van der Waals surface area (Å²) in [6, 6.07) is 5.65. The van der Waals surface area contributed by atoms with Gasteiger partial charge in [0.2, 0.25) is 0 Å². The molecule has 1 aromatic rings. The Bertz CT molecular complexity index is 331. The second-order valence-corrected chi connectivity index (χ2v) is 4.33. The molecular weight excluding hydrogens is 162 g/mol. The van der Waals surface area contributed by atoms with Crippen molar-refractivity contribution in [3.8, 4) is 5.75 Å². The van der Waals surface area contributed by atoms with Crippen LogP contribution in [0.2, 0.25) is 0 Å². The van der Waals surface area contributed by atoms with Crippen molar-refractivity contribution >= 4 is 0 Å². The van der Waals surface area contributed by atoms with E-state index in [4.69, 9.17) is 0 Å². The molecule has 0 atom stereocenters. The minimum absolute atomic E-state index is 0.182. The van der Waals surface area contributed by atoms with Gasteiger partial charge in [-0.1, -0.05) is 19.9 Å². The molecule has 0 aliphatic carbocycles. The summed E-state index contributed by atoms with van der Waals surface area (Å²) in [5, 5.41) is 12.7. The maximum atomic E-state index is 9.33. The van der Waals surface area contributed by atoms with Crippen LogP contribution in [-0.4, -0.2) is 11.7 Å². The van der Waals surface area contributed by atoms with E-state index < -0.39 is 0 Å². The summed E-state index contributed by atoms with van der Waals surface area (Å²) < 4.78 is 0. The van der Waals surface area contributed by atoms with Crippen molar-refractivity contribution in [2.45, 2.75) is 25.8 Å². The lowest BCUT2D eigenvalue weighted by atomic mass is 9.79. The van der Waals surface area contributed by atoms with E-state index in [9.17, 15) is 5.11 Å². The fourth-order valence-corrected chi connectivity index (χ4v) is 1.99. The molecule has 1 heterocycles. The molecule has 0 aromatic heterocycles. The molecule has 0 unspecified atom stereocenters. The van der Waals surface area contributed by atoms with E-state index in [0.29, 0.717) is 5.75 Å². The van der Waals surface area contributed by atoms with Gasteiger partial charge in [0.05, 0.1) is 0 Å². The summed E-state index contributed by atoms with van der Waals surface area (Å²) >= 11 is 0. The molecule has 0 bridgehead atoms. The van der Waals surface area contributed by atoms with Crippen LogP contribution in [-0.2, 0) is 12.0 Å². The summed E-state index contributed by atoms with van der Waals surface area (Å²) in [4.78, 5) is 0. The molecule has 0 radical (unpaired) electrons. The largest absolute Gasteiger partial charge is 0.508 e. The van der Waals surface area contributed by atoms with Crippen molar-refractivity contribution in [2.75, 3.05) is 6.54 Å². The number of hydrogen-bond donors (Lipinski definition) is 2. The fourth-order valence-electron chi connectivity index (χ4n) is 1.99. The van der Waals surface area contributed by atoms with Gasteiger partial charge in [0.1, 0.15) is 5.75 Å². The number of rotatable bonds is 0. The first-order valence-corrected chi connectivity index (χ1v) is 4.63.